The number of carboxylic acid groups (broad SMARTS) is 1. The Bertz CT molecular complexity index is 1710. The normalized spacial score (nSPS) is 25.9. The molecule has 0 aliphatic heterocycles. The second kappa shape index (κ2) is 12.4. The molecule has 3 N–H and O–H groups in total. The van der Waals surface area contributed by atoms with Gasteiger partial charge in [0, 0.05) is 40.1 Å². The average Bonchev–Trinajstić information content (AvgIpc) is 3.68. The largest absolute Gasteiger partial charge is 0.493 e. The number of fused-ring (bicyclic) bond motifs is 3. The predicted molar refractivity (Wildman–Crippen MR) is 184 cm³/mol. The maximum atomic E-state index is 12.9. The summed E-state index contributed by atoms with van der Waals surface area (Å²) in [7, 11) is 0. The number of aryl methyl sites for hydroxylation is 1. The number of nitrogens with zero attached hydrogens (tertiary/aromatic N) is 1. The van der Waals surface area contributed by atoms with Gasteiger partial charge in [0.15, 0.2) is 0 Å². The summed E-state index contributed by atoms with van der Waals surface area (Å²) in [5.74, 6) is 1.43. The standard InChI is InChI=1S/C39H44ClN3O3/c1-25(24-46-35-13-19-42-34-9-3-6-26(2)36(34)35)20-29-21-27-11-12-28(33-10-5-18-41-33)22-32(27)38(29)14-16-39(17-15-38,37(44)45)43-31-8-4-7-30(40)23-31/h4-5,7-8,10-13,18-19,22-23,25-26,29,41,43H,3,6,9,14-17,20-21,24H2,1-2H3,(H,44,45)/t25-,26-,29-,38?,39?/m1/s1. The van der Waals surface area contributed by atoms with Crippen molar-refractivity contribution in [3.8, 4) is 17.0 Å². The van der Waals surface area contributed by atoms with Crippen LogP contribution in [0.25, 0.3) is 11.3 Å². The molecular formula is C39H44ClN3O3. The highest BCUT2D eigenvalue weighted by Gasteiger charge is 2.54. The van der Waals surface area contributed by atoms with E-state index in [1.54, 1.807) is 0 Å². The highest BCUT2D eigenvalue weighted by Crippen LogP contribution is 2.56. The first kappa shape index (κ1) is 30.9. The smallest absolute Gasteiger partial charge is 0.329 e. The fourth-order valence-electron chi connectivity index (χ4n) is 8.78. The van der Waals surface area contributed by atoms with Crippen LogP contribution in [0.3, 0.4) is 0 Å². The number of aromatic nitrogens is 2. The Morgan fingerprint density at radius 1 is 1.13 bits per heavy atom. The summed E-state index contributed by atoms with van der Waals surface area (Å²) in [6.07, 6.45) is 12.0. The zero-order valence-electron chi connectivity index (χ0n) is 26.8. The van der Waals surface area contributed by atoms with Crippen LogP contribution in [0.2, 0.25) is 5.02 Å². The third-order valence-electron chi connectivity index (χ3n) is 11.2. The summed E-state index contributed by atoms with van der Waals surface area (Å²) < 4.78 is 6.57. The lowest BCUT2D eigenvalue weighted by atomic mass is 9.59. The number of hydrogen-bond donors (Lipinski definition) is 3. The molecule has 7 rings (SSSR count). The van der Waals surface area contributed by atoms with Gasteiger partial charge in [-0.05, 0) is 140 Å². The van der Waals surface area contributed by atoms with Crippen LogP contribution in [0.4, 0.5) is 5.69 Å². The number of benzene rings is 2. The van der Waals surface area contributed by atoms with Gasteiger partial charge in [-0.25, -0.2) is 4.79 Å². The van der Waals surface area contributed by atoms with Crippen molar-refractivity contribution in [2.45, 2.75) is 88.5 Å². The van der Waals surface area contributed by atoms with Crippen LogP contribution in [-0.4, -0.2) is 33.2 Å². The molecule has 240 valence electrons. The first-order valence-corrected chi connectivity index (χ1v) is 17.3. The molecule has 2 aromatic carbocycles. The van der Waals surface area contributed by atoms with E-state index >= 15 is 0 Å². The van der Waals surface area contributed by atoms with E-state index < -0.39 is 11.5 Å². The van der Waals surface area contributed by atoms with Gasteiger partial charge < -0.3 is 20.1 Å². The van der Waals surface area contributed by atoms with Crippen molar-refractivity contribution in [3.63, 3.8) is 0 Å². The number of nitrogens with one attached hydrogen (secondary N) is 2. The van der Waals surface area contributed by atoms with Crippen LogP contribution < -0.4 is 10.1 Å². The van der Waals surface area contributed by atoms with Crippen LogP contribution in [0.1, 0.15) is 87.1 Å². The van der Waals surface area contributed by atoms with E-state index in [9.17, 15) is 9.90 Å². The van der Waals surface area contributed by atoms with Gasteiger partial charge in [-0.1, -0.05) is 43.6 Å². The molecule has 0 amide bonds. The number of carboxylic acids is 1. The van der Waals surface area contributed by atoms with Gasteiger partial charge in [0.1, 0.15) is 11.3 Å². The maximum absolute atomic E-state index is 12.9. The summed E-state index contributed by atoms with van der Waals surface area (Å²) in [5.41, 5.74) is 7.21. The van der Waals surface area contributed by atoms with Gasteiger partial charge in [0.25, 0.3) is 0 Å². The van der Waals surface area contributed by atoms with Crippen molar-refractivity contribution < 1.29 is 14.6 Å². The lowest BCUT2D eigenvalue weighted by Crippen LogP contribution is -2.53. The minimum atomic E-state index is -1.04. The minimum absolute atomic E-state index is 0.0918. The number of anilines is 1. The zero-order chi connectivity index (χ0) is 31.9. The fraction of sp³-hybridized carbons (Fsp3) is 0.436. The Morgan fingerprint density at radius 3 is 2.74 bits per heavy atom. The number of H-pyrrole nitrogens is 1. The second-order valence-electron chi connectivity index (χ2n) is 14.2. The number of ether oxygens (including phenoxy) is 1. The van der Waals surface area contributed by atoms with E-state index in [0.717, 1.165) is 49.2 Å². The fourth-order valence-corrected chi connectivity index (χ4v) is 8.97. The molecule has 3 aliphatic carbocycles. The van der Waals surface area contributed by atoms with Crippen molar-refractivity contribution in [1.29, 1.82) is 0 Å². The molecule has 0 saturated heterocycles. The summed E-state index contributed by atoms with van der Waals surface area (Å²) >= 11 is 6.27. The van der Waals surface area contributed by atoms with E-state index in [1.807, 2.05) is 48.8 Å². The van der Waals surface area contributed by atoms with Crippen LogP contribution in [0, 0.1) is 11.8 Å². The molecule has 2 aromatic heterocycles. The molecule has 6 nitrogen and oxygen atoms in total. The SMILES string of the molecule is C[C@@H](COc1ccnc2c1[C@H](C)CCC2)C[C@@H]1Cc2ccc(-c3ccc[nH]3)cc2C12CCC(Nc1cccc(Cl)c1)(C(=O)O)CC2. The Morgan fingerprint density at radius 2 is 1.98 bits per heavy atom. The molecule has 1 saturated carbocycles. The van der Waals surface area contributed by atoms with E-state index in [2.05, 4.69) is 53.4 Å². The highest BCUT2D eigenvalue weighted by molar-refractivity contribution is 6.30. The maximum Gasteiger partial charge on any atom is 0.329 e. The van der Waals surface area contributed by atoms with Gasteiger partial charge in [-0.3, -0.25) is 4.98 Å². The highest BCUT2D eigenvalue weighted by atomic mass is 35.5. The summed E-state index contributed by atoms with van der Waals surface area (Å²) in [6.45, 7) is 5.26. The number of aromatic amines is 1. The Kier molecular flexibility index (Phi) is 8.35. The van der Waals surface area contributed by atoms with Crippen molar-refractivity contribution in [2.75, 3.05) is 11.9 Å². The topological polar surface area (TPSA) is 87.2 Å². The van der Waals surface area contributed by atoms with Gasteiger partial charge in [0.2, 0.25) is 0 Å². The van der Waals surface area contributed by atoms with Gasteiger partial charge in [-0.15, -0.1) is 0 Å². The number of halogens is 1. The number of rotatable bonds is 9. The number of hydrogen-bond acceptors (Lipinski definition) is 4. The summed E-state index contributed by atoms with van der Waals surface area (Å²) in [5, 5.41) is 14.6. The molecule has 3 aliphatic rings. The molecule has 3 atom stereocenters. The van der Waals surface area contributed by atoms with Crippen LogP contribution in [0.5, 0.6) is 5.75 Å². The first-order chi connectivity index (χ1) is 22.3. The zero-order valence-corrected chi connectivity index (χ0v) is 27.6. The van der Waals surface area contributed by atoms with Crippen molar-refractivity contribution in [2.24, 2.45) is 11.8 Å². The quantitative estimate of drug-likeness (QED) is 0.170. The lowest BCUT2D eigenvalue weighted by Gasteiger charge is -2.47. The minimum Gasteiger partial charge on any atom is -0.493 e. The van der Waals surface area contributed by atoms with Crippen molar-refractivity contribution in [1.82, 2.24) is 9.97 Å². The van der Waals surface area contributed by atoms with E-state index in [0.29, 0.717) is 42.2 Å². The van der Waals surface area contributed by atoms with E-state index in [1.165, 1.54) is 40.8 Å². The molecule has 2 heterocycles. The summed E-state index contributed by atoms with van der Waals surface area (Å²) in [6, 6.07) is 20.5. The van der Waals surface area contributed by atoms with Gasteiger partial charge >= 0.3 is 5.97 Å². The molecule has 0 radical (unpaired) electrons. The molecule has 46 heavy (non-hydrogen) atoms. The summed E-state index contributed by atoms with van der Waals surface area (Å²) in [4.78, 5) is 20.9. The first-order valence-electron chi connectivity index (χ1n) is 16.9. The number of aliphatic carboxylic acids is 1. The molecule has 4 aromatic rings. The van der Waals surface area contributed by atoms with Gasteiger partial charge in [0.05, 0.1) is 6.61 Å². The molecule has 0 unspecified atom stereocenters. The monoisotopic (exact) mass is 637 g/mol. The third-order valence-corrected chi connectivity index (χ3v) is 11.4. The predicted octanol–water partition coefficient (Wildman–Crippen LogP) is 9.19. The molecule has 0 bridgehead atoms. The Labute approximate surface area is 277 Å². The van der Waals surface area contributed by atoms with Crippen LogP contribution >= 0.6 is 11.6 Å². The van der Waals surface area contributed by atoms with E-state index in [-0.39, 0.29) is 5.41 Å². The molecule has 1 fully saturated rings. The van der Waals surface area contributed by atoms with Gasteiger partial charge in [-0.2, -0.15) is 0 Å². The Balaban J connectivity index is 1.15. The van der Waals surface area contributed by atoms with E-state index in [4.69, 9.17) is 16.3 Å². The number of pyridine rings is 1. The molecule has 1 spiro atoms. The van der Waals surface area contributed by atoms with Crippen LogP contribution in [0.15, 0.2) is 73.1 Å². The average molecular weight is 638 g/mol. The molecule has 7 heteroatoms. The molecular weight excluding hydrogens is 594 g/mol. The van der Waals surface area contributed by atoms with Crippen LogP contribution in [-0.2, 0) is 23.1 Å². The third kappa shape index (κ3) is 5.70. The number of carbonyl (C=O) groups is 1. The van der Waals surface area contributed by atoms with Crippen molar-refractivity contribution >= 4 is 23.3 Å². The Hall–Kier alpha value is -3.77. The second-order valence-corrected chi connectivity index (χ2v) is 14.6. The lowest BCUT2D eigenvalue weighted by molar-refractivity contribution is -0.144. The van der Waals surface area contributed by atoms with Crippen molar-refractivity contribution in [3.05, 3.63) is 100 Å².